The number of furan rings is 1. The number of benzene rings is 3. The first-order chi connectivity index (χ1) is 20.0. The zero-order valence-corrected chi connectivity index (χ0v) is 24.5. The summed E-state index contributed by atoms with van der Waals surface area (Å²) in [4.78, 5) is 17.8. The number of carbonyl (C=O) groups is 1. The van der Waals surface area contributed by atoms with Gasteiger partial charge in [0, 0.05) is 72.7 Å². The minimum absolute atomic E-state index is 0.0544. The fourth-order valence-corrected chi connectivity index (χ4v) is 5.96. The van der Waals surface area contributed by atoms with Crippen LogP contribution in [-0.4, -0.2) is 58.9 Å². The molecule has 1 aliphatic heterocycles. The van der Waals surface area contributed by atoms with Gasteiger partial charge in [0.1, 0.15) is 17.1 Å². The van der Waals surface area contributed by atoms with E-state index in [0.29, 0.717) is 17.2 Å². The van der Waals surface area contributed by atoms with Gasteiger partial charge >= 0.3 is 0 Å². The smallest absolute Gasteiger partial charge is 0.254 e. The van der Waals surface area contributed by atoms with Crippen molar-refractivity contribution in [3.05, 3.63) is 95.4 Å². The Hall–Kier alpha value is -3.74. The van der Waals surface area contributed by atoms with Crippen LogP contribution in [0, 0.1) is 13.8 Å². The lowest BCUT2D eigenvalue weighted by atomic mass is 10.1. The number of hydrogen-bond donors (Lipinski definition) is 0. The van der Waals surface area contributed by atoms with Crippen molar-refractivity contribution in [2.45, 2.75) is 33.2 Å². The Kier molecular flexibility index (Phi) is 8.04. The highest BCUT2D eigenvalue weighted by Crippen LogP contribution is 2.31. The van der Waals surface area contributed by atoms with E-state index >= 15 is 0 Å². The third-order valence-electron chi connectivity index (χ3n) is 8.34. The van der Waals surface area contributed by atoms with Crippen LogP contribution in [0.2, 0.25) is 0 Å². The first-order valence-corrected chi connectivity index (χ1v) is 14.9. The number of ether oxygens (including phenoxy) is 1. The van der Waals surface area contributed by atoms with Crippen LogP contribution >= 0.6 is 11.6 Å². The van der Waals surface area contributed by atoms with Crippen LogP contribution in [0.15, 0.2) is 77.4 Å². The van der Waals surface area contributed by atoms with Gasteiger partial charge in [0.2, 0.25) is 0 Å². The molecular formula is C34H36ClN3O3. The van der Waals surface area contributed by atoms with Crippen LogP contribution in [-0.2, 0) is 13.0 Å². The number of amides is 1. The number of hydrogen-bond acceptors (Lipinski definition) is 4. The lowest BCUT2D eigenvalue weighted by molar-refractivity contribution is 0.0638. The van der Waals surface area contributed by atoms with E-state index in [4.69, 9.17) is 20.8 Å². The van der Waals surface area contributed by atoms with Crippen LogP contribution in [0.5, 0.6) is 11.5 Å². The summed E-state index contributed by atoms with van der Waals surface area (Å²) in [5.41, 5.74) is 6.59. The van der Waals surface area contributed by atoms with E-state index in [0.717, 1.165) is 68.8 Å². The molecule has 6 nitrogen and oxygen atoms in total. The highest BCUT2D eigenvalue weighted by Gasteiger charge is 2.22. The van der Waals surface area contributed by atoms with E-state index in [1.807, 2.05) is 47.4 Å². The Morgan fingerprint density at radius 1 is 0.927 bits per heavy atom. The van der Waals surface area contributed by atoms with Crippen molar-refractivity contribution in [3.63, 3.8) is 0 Å². The average Bonchev–Trinajstić information content (AvgIpc) is 3.57. The lowest BCUT2D eigenvalue weighted by Crippen LogP contribution is -2.49. The molecule has 7 heteroatoms. The summed E-state index contributed by atoms with van der Waals surface area (Å²) < 4.78 is 14.0. The van der Waals surface area contributed by atoms with Crippen molar-refractivity contribution in [2.75, 3.05) is 38.6 Å². The molecule has 0 saturated carbocycles. The number of aryl methyl sites for hydroxylation is 2. The van der Waals surface area contributed by atoms with Crippen molar-refractivity contribution in [3.8, 4) is 11.5 Å². The highest BCUT2D eigenvalue weighted by molar-refractivity contribution is 6.17. The molecule has 41 heavy (non-hydrogen) atoms. The van der Waals surface area contributed by atoms with Gasteiger partial charge in [-0.15, -0.1) is 11.6 Å². The Morgan fingerprint density at radius 2 is 1.76 bits per heavy atom. The molecule has 0 N–H and O–H groups in total. The van der Waals surface area contributed by atoms with Crippen LogP contribution in [0.4, 0.5) is 0 Å². The molecular weight excluding hydrogens is 534 g/mol. The third kappa shape index (κ3) is 5.85. The van der Waals surface area contributed by atoms with Crippen molar-refractivity contribution >= 4 is 39.4 Å². The molecule has 0 bridgehead atoms. The summed E-state index contributed by atoms with van der Waals surface area (Å²) in [7, 11) is 0. The zero-order valence-electron chi connectivity index (χ0n) is 23.7. The van der Waals surface area contributed by atoms with Crippen LogP contribution in [0.1, 0.15) is 33.6 Å². The Labute approximate surface area is 246 Å². The minimum Gasteiger partial charge on any atom is -0.464 e. The molecule has 6 rings (SSSR count). The monoisotopic (exact) mass is 569 g/mol. The lowest BCUT2D eigenvalue weighted by Gasteiger charge is -2.34. The average molecular weight is 570 g/mol. The quantitative estimate of drug-likeness (QED) is 0.173. The highest BCUT2D eigenvalue weighted by atomic mass is 35.5. The van der Waals surface area contributed by atoms with E-state index in [9.17, 15) is 4.79 Å². The van der Waals surface area contributed by atoms with Gasteiger partial charge in [0.25, 0.3) is 5.91 Å². The fraction of sp³-hybridized carbons (Fsp3) is 0.324. The molecule has 3 aromatic carbocycles. The zero-order chi connectivity index (χ0) is 28.3. The molecule has 0 aliphatic carbocycles. The van der Waals surface area contributed by atoms with E-state index in [1.54, 1.807) is 6.26 Å². The number of rotatable bonds is 9. The maximum absolute atomic E-state index is 13.4. The normalized spacial score (nSPS) is 14.3. The predicted molar refractivity (Wildman–Crippen MR) is 166 cm³/mol. The number of piperazine rings is 1. The van der Waals surface area contributed by atoms with Gasteiger partial charge in [-0.2, -0.15) is 0 Å². The fourth-order valence-electron chi connectivity index (χ4n) is 5.84. The molecule has 1 aliphatic rings. The van der Waals surface area contributed by atoms with Gasteiger partial charge in [-0.1, -0.05) is 12.1 Å². The number of carbonyl (C=O) groups excluding carboxylic acids is 1. The molecule has 1 fully saturated rings. The number of nitrogens with zero attached hydrogens (tertiary/aromatic N) is 3. The maximum atomic E-state index is 13.4. The summed E-state index contributed by atoms with van der Waals surface area (Å²) in [5.74, 6) is 2.13. The summed E-state index contributed by atoms with van der Waals surface area (Å²) in [6.45, 7) is 9.38. The van der Waals surface area contributed by atoms with Crippen molar-refractivity contribution in [2.24, 2.45) is 0 Å². The molecule has 0 unspecified atom stereocenters. The van der Waals surface area contributed by atoms with Crippen molar-refractivity contribution < 1.29 is 13.9 Å². The van der Waals surface area contributed by atoms with Gasteiger partial charge in [-0.05, 0) is 92.4 Å². The van der Waals surface area contributed by atoms with Crippen LogP contribution in [0.3, 0.4) is 0 Å². The topological polar surface area (TPSA) is 50.9 Å². The third-order valence-corrected chi connectivity index (χ3v) is 8.60. The SMILES string of the molecule is Cc1c(C)n(CCCCl)c2ccc(Oc3cccc(C(=O)N4CCN(CCc5ccc6occc6c5)CC4)c3)cc12. The summed E-state index contributed by atoms with van der Waals surface area (Å²) >= 11 is 5.95. The number of aromatic nitrogens is 1. The molecule has 5 aromatic rings. The molecule has 0 atom stereocenters. The summed E-state index contributed by atoms with van der Waals surface area (Å²) in [6, 6.07) is 22.1. The molecule has 1 saturated heterocycles. The van der Waals surface area contributed by atoms with E-state index in [-0.39, 0.29) is 5.91 Å². The second-order valence-corrected chi connectivity index (χ2v) is 11.3. The van der Waals surface area contributed by atoms with Crippen molar-refractivity contribution in [1.82, 2.24) is 14.4 Å². The maximum Gasteiger partial charge on any atom is 0.254 e. The second kappa shape index (κ2) is 12.0. The largest absolute Gasteiger partial charge is 0.464 e. The van der Waals surface area contributed by atoms with Gasteiger partial charge in [-0.3, -0.25) is 9.69 Å². The van der Waals surface area contributed by atoms with Gasteiger partial charge in [0.15, 0.2) is 0 Å². The molecule has 1 amide bonds. The molecule has 2 aromatic heterocycles. The summed E-state index contributed by atoms with van der Waals surface area (Å²) in [5, 5.41) is 2.33. The van der Waals surface area contributed by atoms with Crippen molar-refractivity contribution in [1.29, 1.82) is 0 Å². The Morgan fingerprint density at radius 3 is 2.59 bits per heavy atom. The van der Waals surface area contributed by atoms with Gasteiger partial charge < -0.3 is 18.6 Å². The van der Waals surface area contributed by atoms with Crippen LogP contribution < -0.4 is 4.74 Å². The molecule has 0 spiro atoms. The van der Waals surface area contributed by atoms with E-state index in [1.165, 1.54) is 27.7 Å². The van der Waals surface area contributed by atoms with Crippen LogP contribution in [0.25, 0.3) is 21.9 Å². The number of fused-ring (bicyclic) bond motifs is 2. The molecule has 3 heterocycles. The van der Waals surface area contributed by atoms with Gasteiger partial charge in [-0.25, -0.2) is 0 Å². The van der Waals surface area contributed by atoms with E-state index < -0.39 is 0 Å². The van der Waals surface area contributed by atoms with Gasteiger partial charge in [0.05, 0.1) is 6.26 Å². The molecule has 212 valence electrons. The Balaban J connectivity index is 1.06. The Bertz CT molecular complexity index is 1680. The number of halogens is 1. The second-order valence-electron chi connectivity index (χ2n) is 10.9. The summed E-state index contributed by atoms with van der Waals surface area (Å²) in [6.07, 6.45) is 3.65. The number of alkyl halides is 1. The minimum atomic E-state index is 0.0544. The first-order valence-electron chi connectivity index (χ1n) is 14.4. The predicted octanol–water partition coefficient (Wildman–Crippen LogP) is 7.43. The van der Waals surface area contributed by atoms with E-state index in [2.05, 4.69) is 47.6 Å². The standard InChI is InChI=1S/C34H36ClN3O3/c1-24-25(2)38(14-4-13-35)32-9-8-30(23-31(24)32)41-29-6-3-5-28(22-29)34(39)37-18-16-36(17-19-37)15-11-26-7-10-33-27(21-26)12-20-40-33/h3,5-10,12,20-23H,4,11,13-19H2,1-2H3. The first kappa shape index (κ1) is 27.4. The molecule has 0 radical (unpaired) electrons.